The van der Waals surface area contributed by atoms with E-state index in [0.29, 0.717) is 11.3 Å². The number of carbonyl (C=O) groups excluding carboxylic acids is 1. The van der Waals surface area contributed by atoms with Crippen molar-refractivity contribution in [1.29, 1.82) is 0 Å². The molecular weight excluding hydrogens is 399 g/mol. The molecule has 158 valence electrons. The summed E-state index contributed by atoms with van der Waals surface area (Å²) in [6.07, 6.45) is 0. The first-order valence-corrected chi connectivity index (χ1v) is 10.4. The SMILES string of the molecule is CCOC(=O)c1c(-c2ccc(F)cc2)nc(N(C)S(=O)(=O)N(C)C)nc1C(C)C. The van der Waals surface area contributed by atoms with E-state index in [1.54, 1.807) is 6.92 Å². The first kappa shape index (κ1) is 22.7. The minimum absolute atomic E-state index is 0.102. The minimum Gasteiger partial charge on any atom is -0.462 e. The third-order valence-electron chi connectivity index (χ3n) is 4.16. The van der Waals surface area contributed by atoms with Gasteiger partial charge < -0.3 is 4.74 Å². The van der Waals surface area contributed by atoms with Crippen LogP contribution in [0.3, 0.4) is 0 Å². The van der Waals surface area contributed by atoms with Crippen molar-refractivity contribution >= 4 is 22.1 Å². The molecular formula is C19H25FN4O4S. The van der Waals surface area contributed by atoms with Crippen molar-refractivity contribution in [2.75, 3.05) is 32.1 Å². The second-order valence-corrected chi connectivity index (χ2v) is 8.95. The Hall–Kier alpha value is -2.59. The number of nitrogens with zero attached hydrogens (tertiary/aromatic N) is 4. The highest BCUT2D eigenvalue weighted by Gasteiger charge is 2.29. The lowest BCUT2D eigenvalue weighted by Crippen LogP contribution is -2.38. The molecule has 0 aliphatic rings. The van der Waals surface area contributed by atoms with Crippen LogP contribution in [0.2, 0.25) is 0 Å². The van der Waals surface area contributed by atoms with Gasteiger partial charge in [-0.1, -0.05) is 13.8 Å². The van der Waals surface area contributed by atoms with Crippen molar-refractivity contribution < 1.29 is 22.3 Å². The molecule has 0 spiro atoms. The molecule has 0 saturated heterocycles. The molecule has 29 heavy (non-hydrogen) atoms. The average Bonchev–Trinajstić information content (AvgIpc) is 2.66. The number of esters is 1. The fourth-order valence-corrected chi connectivity index (χ4v) is 3.37. The van der Waals surface area contributed by atoms with Crippen LogP contribution in [0.4, 0.5) is 10.3 Å². The molecule has 0 fully saturated rings. The second kappa shape index (κ2) is 8.83. The Bertz CT molecular complexity index is 992. The van der Waals surface area contributed by atoms with E-state index >= 15 is 0 Å². The Kier molecular flexibility index (Phi) is 6.91. The zero-order valence-electron chi connectivity index (χ0n) is 17.3. The topological polar surface area (TPSA) is 92.7 Å². The molecule has 2 aromatic rings. The zero-order chi connectivity index (χ0) is 21.9. The van der Waals surface area contributed by atoms with E-state index in [9.17, 15) is 17.6 Å². The molecule has 2 rings (SSSR count). The fraction of sp³-hybridized carbons (Fsp3) is 0.421. The Morgan fingerprint density at radius 2 is 1.72 bits per heavy atom. The molecule has 0 saturated carbocycles. The molecule has 0 bridgehead atoms. The van der Waals surface area contributed by atoms with Gasteiger partial charge in [-0.25, -0.2) is 23.5 Å². The van der Waals surface area contributed by atoms with Crippen LogP contribution in [0.25, 0.3) is 11.3 Å². The van der Waals surface area contributed by atoms with E-state index in [2.05, 4.69) is 9.97 Å². The van der Waals surface area contributed by atoms with Gasteiger partial charge in [-0.2, -0.15) is 12.7 Å². The normalized spacial score (nSPS) is 11.8. The summed E-state index contributed by atoms with van der Waals surface area (Å²) in [5, 5.41) is 0. The van der Waals surface area contributed by atoms with Crippen LogP contribution >= 0.6 is 0 Å². The van der Waals surface area contributed by atoms with Gasteiger partial charge in [0.15, 0.2) is 0 Å². The standard InChI is InChI=1S/C19H25FN4O4S/c1-7-28-18(25)15-16(12(2)3)21-19(24(6)29(26,27)23(4)5)22-17(15)13-8-10-14(20)11-9-13/h8-12H,7H2,1-6H3. The number of halogens is 1. The molecule has 1 heterocycles. The van der Waals surface area contributed by atoms with Crippen LogP contribution in [0, 0.1) is 5.82 Å². The molecule has 0 aliphatic carbocycles. The molecule has 1 aromatic heterocycles. The third-order valence-corrected chi connectivity index (χ3v) is 5.94. The summed E-state index contributed by atoms with van der Waals surface area (Å²) in [5.74, 6) is -1.40. The number of rotatable bonds is 7. The Balaban J connectivity index is 2.83. The Morgan fingerprint density at radius 3 is 2.21 bits per heavy atom. The van der Waals surface area contributed by atoms with Gasteiger partial charge in [-0.3, -0.25) is 0 Å². The first-order valence-electron chi connectivity index (χ1n) is 9.02. The van der Waals surface area contributed by atoms with Crippen molar-refractivity contribution in [2.24, 2.45) is 0 Å². The number of benzene rings is 1. The molecule has 10 heteroatoms. The van der Waals surface area contributed by atoms with E-state index in [4.69, 9.17) is 4.74 Å². The molecule has 0 amide bonds. The molecule has 0 atom stereocenters. The number of carbonyl (C=O) groups is 1. The van der Waals surface area contributed by atoms with Crippen molar-refractivity contribution in [2.45, 2.75) is 26.7 Å². The Labute approximate surface area is 170 Å². The smallest absolute Gasteiger partial charge is 0.342 e. The van der Waals surface area contributed by atoms with E-state index in [1.165, 1.54) is 45.4 Å². The minimum atomic E-state index is -3.86. The second-order valence-electron chi connectivity index (χ2n) is 6.77. The maximum Gasteiger partial charge on any atom is 0.342 e. The van der Waals surface area contributed by atoms with Crippen LogP contribution in [0.5, 0.6) is 0 Å². The fourth-order valence-electron chi connectivity index (χ4n) is 2.59. The quantitative estimate of drug-likeness (QED) is 0.635. The van der Waals surface area contributed by atoms with Gasteiger partial charge in [0.05, 0.1) is 18.0 Å². The highest BCUT2D eigenvalue weighted by Crippen LogP contribution is 2.31. The van der Waals surface area contributed by atoms with Crippen LogP contribution in [0.1, 0.15) is 42.7 Å². The molecule has 1 aromatic carbocycles. The monoisotopic (exact) mass is 424 g/mol. The van der Waals surface area contributed by atoms with E-state index in [0.717, 1.165) is 8.61 Å². The van der Waals surface area contributed by atoms with Gasteiger partial charge in [-0.05, 0) is 37.1 Å². The summed E-state index contributed by atoms with van der Waals surface area (Å²) < 4.78 is 45.7. The molecule has 0 N–H and O–H groups in total. The van der Waals surface area contributed by atoms with E-state index in [1.807, 2.05) is 13.8 Å². The van der Waals surface area contributed by atoms with Gasteiger partial charge in [0.1, 0.15) is 11.4 Å². The summed E-state index contributed by atoms with van der Waals surface area (Å²) in [6, 6.07) is 5.41. The van der Waals surface area contributed by atoms with Gasteiger partial charge in [0, 0.05) is 26.7 Å². The van der Waals surface area contributed by atoms with Crippen LogP contribution in [0.15, 0.2) is 24.3 Å². The summed E-state index contributed by atoms with van der Waals surface area (Å²) in [6.45, 7) is 5.47. The summed E-state index contributed by atoms with van der Waals surface area (Å²) in [7, 11) is 0.255. The van der Waals surface area contributed by atoms with Crippen molar-refractivity contribution in [1.82, 2.24) is 14.3 Å². The van der Waals surface area contributed by atoms with Gasteiger partial charge in [0.25, 0.3) is 0 Å². The predicted molar refractivity (Wildman–Crippen MR) is 108 cm³/mol. The summed E-state index contributed by atoms with van der Waals surface area (Å²) >= 11 is 0. The van der Waals surface area contributed by atoms with Crippen molar-refractivity contribution in [3.8, 4) is 11.3 Å². The van der Waals surface area contributed by atoms with Gasteiger partial charge in [-0.15, -0.1) is 0 Å². The number of ether oxygens (including phenoxy) is 1. The maximum absolute atomic E-state index is 13.4. The highest BCUT2D eigenvalue weighted by molar-refractivity contribution is 7.90. The predicted octanol–water partition coefficient (Wildman–Crippen LogP) is 2.83. The molecule has 8 nitrogen and oxygen atoms in total. The van der Waals surface area contributed by atoms with Crippen LogP contribution < -0.4 is 4.31 Å². The van der Waals surface area contributed by atoms with E-state index in [-0.39, 0.29) is 29.7 Å². The number of hydrogen-bond donors (Lipinski definition) is 0. The largest absolute Gasteiger partial charge is 0.462 e. The lowest BCUT2D eigenvalue weighted by atomic mass is 9.98. The number of aromatic nitrogens is 2. The lowest BCUT2D eigenvalue weighted by molar-refractivity contribution is 0.0524. The summed E-state index contributed by atoms with van der Waals surface area (Å²) in [5.41, 5.74) is 1.09. The van der Waals surface area contributed by atoms with Gasteiger partial charge in [0.2, 0.25) is 5.95 Å². The van der Waals surface area contributed by atoms with Crippen LogP contribution in [-0.2, 0) is 14.9 Å². The maximum atomic E-state index is 13.4. The molecule has 0 radical (unpaired) electrons. The Morgan fingerprint density at radius 1 is 1.14 bits per heavy atom. The number of anilines is 1. The third kappa shape index (κ3) is 4.70. The molecule has 0 unspecified atom stereocenters. The van der Waals surface area contributed by atoms with Gasteiger partial charge >= 0.3 is 16.2 Å². The average molecular weight is 424 g/mol. The highest BCUT2D eigenvalue weighted by atomic mass is 32.2. The zero-order valence-corrected chi connectivity index (χ0v) is 18.1. The van der Waals surface area contributed by atoms with Crippen molar-refractivity contribution in [3.05, 3.63) is 41.3 Å². The van der Waals surface area contributed by atoms with E-state index < -0.39 is 22.0 Å². The lowest BCUT2D eigenvalue weighted by Gasteiger charge is -2.24. The number of hydrogen-bond acceptors (Lipinski definition) is 6. The van der Waals surface area contributed by atoms with Crippen molar-refractivity contribution in [3.63, 3.8) is 0 Å². The van der Waals surface area contributed by atoms with Crippen LogP contribution in [-0.4, -0.2) is 56.4 Å². The molecule has 0 aliphatic heterocycles. The first-order chi connectivity index (χ1) is 13.5. The summed E-state index contributed by atoms with van der Waals surface area (Å²) in [4.78, 5) is 21.4.